The predicted octanol–water partition coefficient (Wildman–Crippen LogP) is 4.26. The van der Waals surface area contributed by atoms with Crippen LogP contribution in [0.5, 0.6) is 5.75 Å². The van der Waals surface area contributed by atoms with Gasteiger partial charge < -0.3 is 15.4 Å². The number of Topliss-reactive ketones (excluding diaryl/α,β-unsaturated/α-hetero) is 1. The monoisotopic (exact) mass is 417 g/mol. The Morgan fingerprint density at radius 2 is 2.00 bits per heavy atom. The average molecular weight is 417 g/mol. The minimum absolute atomic E-state index is 0.0175. The fourth-order valence-electron chi connectivity index (χ4n) is 3.04. The SMILES string of the molecule is O=C1CCCC(NCc2ccncc2OCC(F)F)=C1C(=S)Nc1ccccc1. The van der Waals surface area contributed by atoms with Gasteiger partial charge in [-0.1, -0.05) is 30.4 Å². The van der Waals surface area contributed by atoms with Crippen molar-refractivity contribution >= 4 is 28.7 Å². The van der Waals surface area contributed by atoms with Crippen LogP contribution in [0.1, 0.15) is 24.8 Å². The number of alkyl halides is 2. The van der Waals surface area contributed by atoms with Gasteiger partial charge in [0.15, 0.2) is 5.78 Å². The molecule has 0 bridgehead atoms. The lowest BCUT2D eigenvalue weighted by atomic mass is 9.94. The summed E-state index contributed by atoms with van der Waals surface area (Å²) in [7, 11) is 0. The van der Waals surface area contributed by atoms with Gasteiger partial charge in [-0.2, -0.15) is 0 Å². The topological polar surface area (TPSA) is 63.2 Å². The van der Waals surface area contributed by atoms with Crippen LogP contribution in [-0.4, -0.2) is 28.8 Å². The average Bonchev–Trinajstić information content (AvgIpc) is 2.72. The molecule has 0 amide bonds. The van der Waals surface area contributed by atoms with E-state index in [1.807, 2.05) is 30.3 Å². The molecule has 1 aromatic heterocycles. The Labute approximate surface area is 173 Å². The summed E-state index contributed by atoms with van der Waals surface area (Å²) in [6, 6.07) is 11.1. The van der Waals surface area contributed by atoms with Crippen molar-refractivity contribution < 1.29 is 18.3 Å². The van der Waals surface area contributed by atoms with Crippen LogP contribution in [0, 0.1) is 0 Å². The van der Waals surface area contributed by atoms with E-state index in [9.17, 15) is 13.6 Å². The first kappa shape index (κ1) is 20.9. The number of thiocarbonyl (C=S) groups is 1. The van der Waals surface area contributed by atoms with E-state index in [0.29, 0.717) is 35.5 Å². The standard InChI is InChI=1S/C21H21F2N3O2S/c22-19(23)13-28-18-12-24-10-9-14(18)11-25-16-7-4-8-17(27)20(16)21(29)26-15-5-2-1-3-6-15/h1-3,5-6,9-10,12,19,25H,4,7-8,11,13H2,(H,26,29). The number of carbonyl (C=O) groups is 1. The van der Waals surface area contributed by atoms with E-state index in [4.69, 9.17) is 17.0 Å². The van der Waals surface area contributed by atoms with Crippen LogP contribution in [0.4, 0.5) is 14.5 Å². The lowest BCUT2D eigenvalue weighted by Gasteiger charge is -2.22. The number of aromatic nitrogens is 1. The van der Waals surface area contributed by atoms with Crippen molar-refractivity contribution in [2.75, 3.05) is 11.9 Å². The number of rotatable bonds is 8. The number of allylic oxidation sites excluding steroid dienone is 1. The molecule has 152 valence electrons. The fourth-order valence-corrected chi connectivity index (χ4v) is 3.39. The predicted molar refractivity (Wildman–Crippen MR) is 111 cm³/mol. The first-order chi connectivity index (χ1) is 14.0. The number of hydrogen-bond donors (Lipinski definition) is 2. The Balaban J connectivity index is 1.76. The summed E-state index contributed by atoms with van der Waals surface area (Å²) < 4.78 is 30.1. The summed E-state index contributed by atoms with van der Waals surface area (Å²) in [6.07, 6.45) is 2.24. The van der Waals surface area contributed by atoms with Crippen LogP contribution in [0.3, 0.4) is 0 Å². The lowest BCUT2D eigenvalue weighted by molar-refractivity contribution is -0.115. The van der Waals surface area contributed by atoms with Crippen molar-refractivity contribution in [3.63, 3.8) is 0 Å². The van der Waals surface area contributed by atoms with Gasteiger partial charge >= 0.3 is 0 Å². The van der Waals surface area contributed by atoms with E-state index in [-0.39, 0.29) is 11.5 Å². The summed E-state index contributed by atoms with van der Waals surface area (Å²) in [6.45, 7) is -0.392. The van der Waals surface area contributed by atoms with Gasteiger partial charge in [0.25, 0.3) is 6.43 Å². The van der Waals surface area contributed by atoms with Gasteiger partial charge in [0.2, 0.25) is 0 Å². The molecule has 0 spiro atoms. The Morgan fingerprint density at radius 1 is 1.21 bits per heavy atom. The number of anilines is 1. The quantitative estimate of drug-likeness (QED) is 0.626. The highest BCUT2D eigenvalue weighted by atomic mass is 32.1. The third-order valence-corrected chi connectivity index (χ3v) is 4.70. The highest BCUT2D eigenvalue weighted by Crippen LogP contribution is 2.24. The zero-order chi connectivity index (χ0) is 20.6. The van der Waals surface area contributed by atoms with E-state index >= 15 is 0 Å². The normalized spacial score (nSPS) is 14.1. The molecule has 29 heavy (non-hydrogen) atoms. The molecule has 0 unspecified atom stereocenters. The molecule has 1 aliphatic rings. The summed E-state index contributed by atoms with van der Waals surface area (Å²) in [5.41, 5.74) is 2.69. The third-order valence-electron chi connectivity index (χ3n) is 4.40. The molecule has 1 aliphatic carbocycles. The summed E-state index contributed by atoms with van der Waals surface area (Å²) >= 11 is 5.49. The molecule has 5 nitrogen and oxygen atoms in total. The van der Waals surface area contributed by atoms with Crippen LogP contribution in [0.15, 0.2) is 60.1 Å². The molecule has 2 N–H and O–H groups in total. The Kier molecular flexibility index (Phi) is 7.24. The van der Waals surface area contributed by atoms with E-state index in [0.717, 1.165) is 17.8 Å². The van der Waals surface area contributed by atoms with Crippen LogP contribution in [-0.2, 0) is 11.3 Å². The molecule has 0 saturated carbocycles. The first-order valence-corrected chi connectivity index (χ1v) is 9.66. The molecule has 0 aliphatic heterocycles. The van der Waals surface area contributed by atoms with Gasteiger partial charge in [-0.25, -0.2) is 8.78 Å². The first-order valence-electron chi connectivity index (χ1n) is 9.25. The van der Waals surface area contributed by atoms with Crippen molar-refractivity contribution in [3.8, 4) is 5.75 Å². The molecule has 0 fully saturated rings. The number of pyridine rings is 1. The van der Waals surface area contributed by atoms with Crippen LogP contribution < -0.4 is 15.4 Å². The number of halogens is 2. The molecule has 0 radical (unpaired) electrons. The van der Waals surface area contributed by atoms with Crippen LogP contribution >= 0.6 is 12.2 Å². The summed E-state index contributed by atoms with van der Waals surface area (Å²) in [4.78, 5) is 16.8. The van der Waals surface area contributed by atoms with Crippen molar-refractivity contribution in [1.29, 1.82) is 0 Å². The molecule has 0 saturated heterocycles. The smallest absolute Gasteiger partial charge is 0.272 e. The van der Waals surface area contributed by atoms with E-state index < -0.39 is 13.0 Å². The number of ether oxygens (including phenoxy) is 1. The second-order valence-electron chi connectivity index (χ2n) is 6.49. The number of benzene rings is 1. The summed E-state index contributed by atoms with van der Waals surface area (Å²) in [5, 5.41) is 6.36. The van der Waals surface area contributed by atoms with Crippen molar-refractivity contribution in [1.82, 2.24) is 10.3 Å². The second kappa shape index (κ2) is 10.1. The molecular weight excluding hydrogens is 396 g/mol. The number of nitrogens with one attached hydrogen (secondary N) is 2. The molecule has 3 rings (SSSR count). The maximum Gasteiger partial charge on any atom is 0.272 e. The zero-order valence-electron chi connectivity index (χ0n) is 15.7. The fraction of sp³-hybridized carbons (Fsp3) is 0.286. The number of carbonyl (C=O) groups excluding carboxylic acids is 1. The molecule has 8 heteroatoms. The third kappa shape index (κ3) is 5.80. The molecule has 0 atom stereocenters. The second-order valence-corrected chi connectivity index (χ2v) is 6.90. The maximum absolute atomic E-state index is 12.5. The van der Waals surface area contributed by atoms with E-state index in [2.05, 4.69) is 15.6 Å². The van der Waals surface area contributed by atoms with Crippen molar-refractivity contribution in [2.24, 2.45) is 0 Å². The molecular formula is C21H21F2N3O2S. The number of nitrogens with zero attached hydrogens (tertiary/aromatic N) is 1. The zero-order valence-corrected chi connectivity index (χ0v) is 16.5. The largest absolute Gasteiger partial charge is 0.486 e. The van der Waals surface area contributed by atoms with Gasteiger partial charge in [0, 0.05) is 36.1 Å². The van der Waals surface area contributed by atoms with Gasteiger partial charge in [-0.05, 0) is 31.0 Å². The molecule has 1 aromatic carbocycles. The summed E-state index contributed by atoms with van der Waals surface area (Å²) in [5.74, 6) is 0.269. The Hall–Kier alpha value is -2.87. The van der Waals surface area contributed by atoms with Crippen LogP contribution in [0.2, 0.25) is 0 Å². The minimum Gasteiger partial charge on any atom is -0.486 e. The lowest BCUT2D eigenvalue weighted by Crippen LogP contribution is -2.29. The minimum atomic E-state index is -2.57. The van der Waals surface area contributed by atoms with Crippen molar-refractivity contribution in [3.05, 3.63) is 65.6 Å². The van der Waals surface area contributed by atoms with E-state index in [1.165, 1.54) is 6.20 Å². The highest BCUT2D eigenvalue weighted by molar-refractivity contribution is 7.81. The van der Waals surface area contributed by atoms with Gasteiger partial charge in [-0.15, -0.1) is 0 Å². The molecule has 1 heterocycles. The van der Waals surface area contributed by atoms with Gasteiger partial charge in [0.1, 0.15) is 17.3 Å². The highest BCUT2D eigenvalue weighted by Gasteiger charge is 2.24. The number of para-hydroxylation sites is 1. The van der Waals surface area contributed by atoms with Gasteiger partial charge in [-0.3, -0.25) is 9.78 Å². The van der Waals surface area contributed by atoms with Crippen molar-refractivity contribution in [2.45, 2.75) is 32.2 Å². The van der Waals surface area contributed by atoms with E-state index in [1.54, 1.807) is 12.3 Å². The number of ketones is 1. The number of hydrogen-bond acceptors (Lipinski definition) is 5. The maximum atomic E-state index is 12.5. The Morgan fingerprint density at radius 3 is 2.76 bits per heavy atom. The Bertz CT molecular complexity index is 904. The van der Waals surface area contributed by atoms with Gasteiger partial charge in [0.05, 0.1) is 11.8 Å². The van der Waals surface area contributed by atoms with Crippen LogP contribution in [0.25, 0.3) is 0 Å². The molecule has 2 aromatic rings.